The summed E-state index contributed by atoms with van der Waals surface area (Å²) in [4.78, 5) is 7.96. The first-order chi connectivity index (χ1) is 19.1. The molecule has 210 valence electrons. The Labute approximate surface area is 232 Å². The summed E-state index contributed by atoms with van der Waals surface area (Å²) in [7, 11) is -3.09. The quantitative estimate of drug-likeness (QED) is 0.189. The molecule has 0 atom stereocenters. The summed E-state index contributed by atoms with van der Waals surface area (Å²) >= 11 is 0. The lowest BCUT2D eigenvalue weighted by molar-refractivity contribution is 0.400. The highest BCUT2D eigenvalue weighted by Gasteiger charge is 2.22. The summed E-state index contributed by atoms with van der Waals surface area (Å²) in [6, 6.07) is 11.0. The van der Waals surface area contributed by atoms with Crippen molar-refractivity contribution in [1.82, 2.24) is 9.97 Å². The third-order valence-corrected chi connectivity index (χ3v) is 7.04. The zero-order valence-corrected chi connectivity index (χ0v) is 23.4. The molecule has 0 fully saturated rings. The molecule has 0 spiro atoms. The Hall–Kier alpha value is -4.51. The van der Waals surface area contributed by atoms with Gasteiger partial charge in [0.25, 0.3) is 10.0 Å². The van der Waals surface area contributed by atoms with Crippen molar-refractivity contribution in [2.45, 2.75) is 32.1 Å². The average Bonchev–Trinajstić information content (AvgIpc) is 2.93. The van der Waals surface area contributed by atoms with Crippen molar-refractivity contribution in [2.75, 3.05) is 22.9 Å². The normalized spacial score (nSPS) is 11.4. The molecular weight excluding hydrogens is 536 g/mol. The zero-order chi connectivity index (χ0) is 29.4. The molecule has 11 heteroatoms. The molecule has 0 unspecified atom stereocenters. The number of sulfonamides is 1. The third-order valence-electron chi connectivity index (χ3n) is 5.64. The Morgan fingerprint density at radius 3 is 2.48 bits per heavy atom. The molecule has 4 aromatic rings. The minimum absolute atomic E-state index is 0.0197. The van der Waals surface area contributed by atoms with E-state index in [1.54, 1.807) is 18.2 Å². The van der Waals surface area contributed by atoms with Crippen LogP contribution in [-0.4, -0.2) is 25.5 Å². The molecule has 0 bridgehead atoms. The molecule has 0 amide bonds. The number of anilines is 3. The van der Waals surface area contributed by atoms with Gasteiger partial charge in [0.05, 0.1) is 18.3 Å². The number of aromatic nitrogens is 2. The van der Waals surface area contributed by atoms with Gasteiger partial charge in [0.15, 0.2) is 0 Å². The van der Waals surface area contributed by atoms with Crippen molar-refractivity contribution in [3.63, 3.8) is 0 Å². The first kappa shape index (κ1) is 30.0. The Bertz CT molecular complexity index is 1670. The largest absolute Gasteiger partial charge is 0.480 e. The van der Waals surface area contributed by atoms with Gasteiger partial charge < -0.3 is 15.8 Å². The first-order valence-corrected chi connectivity index (χ1v) is 13.9. The molecule has 0 saturated heterocycles. The van der Waals surface area contributed by atoms with Crippen molar-refractivity contribution >= 4 is 38.1 Å². The lowest BCUT2D eigenvalue weighted by atomic mass is 10.0. The van der Waals surface area contributed by atoms with Gasteiger partial charge in [-0.3, -0.25) is 4.72 Å². The summed E-state index contributed by atoms with van der Waals surface area (Å²) in [5.74, 6) is -1.80. The number of methoxy groups -OCH3 is 1. The van der Waals surface area contributed by atoms with E-state index in [4.69, 9.17) is 10.5 Å². The number of halogens is 2. The molecule has 0 radical (unpaired) electrons. The van der Waals surface area contributed by atoms with E-state index in [9.17, 15) is 17.2 Å². The van der Waals surface area contributed by atoms with E-state index in [2.05, 4.69) is 26.6 Å². The summed E-state index contributed by atoms with van der Waals surface area (Å²) in [6.07, 6.45) is 5.79. The number of fused-ring (bicyclic) bond motifs is 1. The van der Waals surface area contributed by atoms with Gasteiger partial charge in [0.1, 0.15) is 28.0 Å². The maximum Gasteiger partial charge on any atom is 0.264 e. The molecule has 2 heterocycles. The maximum absolute atomic E-state index is 14.2. The topological polar surface area (TPSA) is 119 Å². The van der Waals surface area contributed by atoms with Crippen LogP contribution in [0.2, 0.25) is 0 Å². The SMILES string of the molecule is C=C/C=C(\CC)Nc1cc2cc(-c3cnc(OC)c(NS(=O)(=O)c4ccc(F)cc4F)c3)ccc2nc1N.CC. The van der Waals surface area contributed by atoms with Gasteiger partial charge in [-0.15, -0.1) is 0 Å². The molecular formula is C29H31F2N5O3S. The molecule has 40 heavy (non-hydrogen) atoms. The number of nitrogens with one attached hydrogen (secondary N) is 2. The van der Waals surface area contributed by atoms with Crippen molar-refractivity contribution < 1.29 is 21.9 Å². The van der Waals surface area contributed by atoms with Crippen LogP contribution in [-0.2, 0) is 10.0 Å². The van der Waals surface area contributed by atoms with Crippen LogP contribution in [0.3, 0.4) is 0 Å². The summed E-state index contributed by atoms with van der Waals surface area (Å²) in [6.45, 7) is 9.72. The van der Waals surface area contributed by atoms with Crippen LogP contribution >= 0.6 is 0 Å². The Balaban J connectivity index is 0.00000216. The molecule has 2 aromatic heterocycles. The lowest BCUT2D eigenvalue weighted by Crippen LogP contribution is -2.15. The predicted octanol–water partition coefficient (Wildman–Crippen LogP) is 6.88. The fourth-order valence-corrected chi connectivity index (χ4v) is 4.88. The van der Waals surface area contributed by atoms with Gasteiger partial charge in [-0.2, -0.15) is 0 Å². The number of nitrogens with zero attached hydrogens (tertiary/aromatic N) is 2. The number of hydrogen-bond acceptors (Lipinski definition) is 7. The number of allylic oxidation sites excluding steroid dienone is 3. The molecule has 4 N–H and O–H groups in total. The molecule has 4 rings (SSSR count). The van der Waals surface area contributed by atoms with Crippen LogP contribution in [0, 0.1) is 11.6 Å². The summed E-state index contributed by atoms with van der Waals surface area (Å²) in [5.41, 5.74) is 9.60. The van der Waals surface area contributed by atoms with E-state index in [1.807, 2.05) is 39.0 Å². The molecule has 8 nitrogen and oxygen atoms in total. The van der Waals surface area contributed by atoms with Crippen molar-refractivity contribution in [3.05, 3.63) is 90.8 Å². The number of benzene rings is 2. The Morgan fingerprint density at radius 2 is 1.82 bits per heavy atom. The third kappa shape index (κ3) is 6.73. The molecule has 0 aliphatic rings. The lowest BCUT2D eigenvalue weighted by Gasteiger charge is -2.14. The summed E-state index contributed by atoms with van der Waals surface area (Å²) in [5, 5.41) is 4.04. The van der Waals surface area contributed by atoms with Crippen LogP contribution in [0.4, 0.5) is 26.0 Å². The minimum Gasteiger partial charge on any atom is -0.480 e. The van der Waals surface area contributed by atoms with Crippen LogP contribution < -0.4 is 20.5 Å². The molecule has 2 aromatic carbocycles. The van der Waals surface area contributed by atoms with E-state index in [-0.39, 0.29) is 11.6 Å². The van der Waals surface area contributed by atoms with Crippen LogP contribution in [0.15, 0.2) is 84.1 Å². The first-order valence-electron chi connectivity index (χ1n) is 12.5. The average molecular weight is 568 g/mol. The maximum atomic E-state index is 14.2. The van der Waals surface area contributed by atoms with E-state index in [1.165, 1.54) is 19.4 Å². The Kier molecular flexibility index (Phi) is 9.78. The van der Waals surface area contributed by atoms with Crippen LogP contribution in [0.5, 0.6) is 5.88 Å². The fourth-order valence-electron chi connectivity index (χ4n) is 3.77. The number of nitrogens with two attached hydrogens (primary N) is 1. The van der Waals surface area contributed by atoms with Gasteiger partial charge >= 0.3 is 0 Å². The van der Waals surface area contributed by atoms with Crippen molar-refractivity contribution in [2.24, 2.45) is 0 Å². The molecule has 0 aliphatic heterocycles. The minimum atomic E-state index is -4.41. The summed E-state index contributed by atoms with van der Waals surface area (Å²) < 4.78 is 60.7. The Morgan fingerprint density at radius 1 is 1.07 bits per heavy atom. The second-order valence-electron chi connectivity index (χ2n) is 8.20. The highest BCUT2D eigenvalue weighted by molar-refractivity contribution is 7.92. The van der Waals surface area contributed by atoms with E-state index in [0.717, 1.165) is 29.6 Å². The van der Waals surface area contributed by atoms with Crippen LogP contribution in [0.1, 0.15) is 27.2 Å². The zero-order valence-electron chi connectivity index (χ0n) is 22.6. The van der Waals surface area contributed by atoms with E-state index in [0.29, 0.717) is 34.2 Å². The van der Waals surface area contributed by atoms with Gasteiger partial charge in [0.2, 0.25) is 5.88 Å². The van der Waals surface area contributed by atoms with E-state index >= 15 is 0 Å². The predicted molar refractivity (Wildman–Crippen MR) is 157 cm³/mol. The standard InChI is InChI=1S/C27H25F2N5O3S.C2H6/c1-4-6-20(5-2)32-23-12-17-11-16(7-9-22(17)33-26(23)30)18-13-24(27(37-3)31-15-18)34-38(35,36)25-10-8-19(28)14-21(25)29;1-2/h4,6-15,32,34H,1,5H2,2-3H3,(H2,30,33);1-2H3/b20-6+;. The highest BCUT2D eigenvalue weighted by atomic mass is 32.2. The number of hydrogen-bond donors (Lipinski definition) is 3. The van der Waals surface area contributed by atoms with Crippen molar-refractivity contribution in [1.29, 1.82) is 0 Å². The fraction of sp³-hybridized carbons (Fsp3) is 0.172. The monoisotopic (exact) mass is 567 g/mol. The molecule has 0 saturated carbocycles. The second kappa shape index (κ2) is 13.0. The van der Waals surface area contributed by atoms with Crippen molar-refractivity contribution in [3.8, 4) is 17.0 Å². The second-order valence-corrected chi connectivity index (χ2v) is 9.85. The van der Waals surface area contributed by atoms with Crippen LogP contribution in [0.25, 0.3) is 22.0 Å². The highest BCUT2D eigenvalue weighted by Crippen LogP contribution is 2.33. The van der Waals surface area contributed by atoms with E-state index < -0.39 is 26.6 Å². The van der Waals surface area contributed by atoms with Gasteiger partial charge in [-0.1, -0.05) is 39.5 Å². The molecule has 0 aliphatic carbocycles. The van der Waals surface area contributed by atoms with Gasteiger partial charge in [-0.05, 0) is 54.5 Å². The van der Waals surface area contributed by atoms with Gasteiger partial charge in [0, 0.05) is 28.9 Å². The number of ether oxygens (including phenoxy) is 1. The number of nitrogen functional groups attached to an aromatic ring is 1. The number of rotatable bonds is 9. The smallest absolute Gasteiger partial charge is 0.264 e. The van der Waals surface area contributed by atoms with Gasteiger partial charge in [-0.25, -0.2) is 27.2 Å². The number of pyridine rings is 2.